The molecule has 1 fully saturated rings. The molecule has 0 amide bonds. The molecule has 1 unspecified atom stereocenters. The van der Waals surface area contributed by atoms with Gasteiger partial charge in [-0.15, -0.1) is 0 Å². The zero-order valence-electron chi connectivity index (χ0n) is 12.5. The molecule has 0 bridgehead atoms. The van der Waals surface area contributed by atoms with E-state index in [0.29, 0.717) is 12.0 Å². The molecule has 2 aromatic rings. The molecule has 2 heteroatoms. The van der Waals surface area contributed by atoms with Gasteiger partial charge in [0.15, 0.2) is 0 Å². The van der Waals surface area contributed by atoms with Crippen LogP contribution < -0.4 is 5.32 Å². The van der Waals surface area contributed by atoms with E-state index in [1.54, 1.807) is 12.1 Å². The van der Waals surface area contributed by atoms with Gasteiger partial charge in [-0.1, -0.05) is 42.0 Å². The maximum Gasteiger partial charge on any atom is 0.123 e. The van der Waals surface area contributed by atoms with E-state index in [9.17, 15) is 4.39 Å². The van der Waals surface area contributed by atoms with Crippen LogP contribution in [0.1, 0.15) is 35.4 Å². The molecule has 0 radical (unpaired) electrons. The standard InChI is InChI=1S/C19H22FN/c1-14-3-2-4-16(11-14)17(13-21-19-9-10-19)12-15-5-7-18(20)8-6-15/h2-8,11,17,19,21H,9-10,12-13H2,1H3. The van der Waals surface area contributed by atoms with E-state index in [2.05, 4.69) is 36.5 Å². The van der Waals surface area contributed by atoms with Gasteiger partial charge < -0.3 is 5.32 Å². The molecule has 0 aromatic heterocycles. The van der Waals surface area contributed by atoms with Crippen LogP contribution in [0.4, 0.5) is 4.39 Å². The number of hydrogen-bond donors (Lipinski definition) is 1. The Bertz CT molecular complexity index is 587. The van der Waals surface area contributed by atoms with E-state index in [1.807, 2.05) is 12.1 Å². The van der Waals surface area contributed by atoms with Gasteiger partial charge in [0.2, 0.25) is 0 Å². The zero-order chi connectivity index (χ0) is 14.7. The summed E-state index contributed by atoms with van der Waals surface area (Å²) >= 11 is 0. The maximum atomic E-state index is 13.0. The molecule has 2 aromatic carbocycles. The molecule has 0 saturated heterocycles. The van der Waals surface area contributed by atoms with Crippen LogP contribution in [0.3, 0.4) is 0 Å². The number of rotatable bonds is 6. The molecule has 3 rings (SSSR count). The highest BCUT2D eigenvalue weighted by molar-refractivity contribution is 5.28. The SMILES string of the molecule is Cc1cccc(C(CNC2CC2)Cc2ccc(F)cc2)c1. The van der Waals surface area contributed by atoms with E-state index >= 15 is 0 Å². The Labute approximate surface area is 126 Å². The highest BCUT2D eigenvalue weighted by Crippen LogP contribution is 2.24. The third-order valence-corrected chi connectivity index (χ3v) is 4.14. The summed E-state index contributed by atoms with van der Waals surface area (Å²) in [4.78, 5) is 0. The van der Waals surface area contributed by atoms with E-state index in [0.717, 1.165) is 13.0 Å². The third kappa shape index (κ3) is 4.15. The minimum atomic E-state index is -0.165. The van der Waals surface area contributed by atoms with Crippen LogP contribution in [0, 0.1) is 12.7 Å². The molecule has 1 aliphatic carbocycles. The largest absolute Gasteiger partial charge is 0.313 e. The molecule has 0 heterocycles. The highest BCUT2D eigenvalue weighted by atomic mass is 19.1. The van der Waals surface area contributed by atoms with Crippen molar-refractivity contribution in [1.29, 1.82) is 0 Å². The minimum absolute atomic E-state index is 0.165. The second-order valence-corrected chi connectivity index (χ2v) is 6.12. The number of aryl methyl sites for hydroxylation is 1. The molecule has 0 aliphatic heterocycles. The van der Waals surface area contributed by atoms with Gasteiger partial charge in [-0.3, -0.25) is 0 Å². The fourth-order valence-electron chi connectivity index (χ4n) is 2.73. The van der Waals surface area contributed by atoms with Gasteiger partial charge in [-0.05, 0) is 49.4 Å². The Hall–Kier alpha value is -1.67. The Morgan fingerprint density at radius 3 is 2.57 bits per heavy atom. The van der Waals surface area contributed by atoms with Crippen LogP contribution in [0.2, 0.25) is 0 Å². The van der Waals surface area contributed by atoms with Crippen LogP contribution in [0.5, 0.6) is 0 Å². The molecule has 1 aliphatic rings. The monoisotopic (exact) mass is 283 g/mol. The lowest BCUT2D eigenvalue weighted by Gasteiger charge is -2.19. The maximum absolute atomic E-state index is 13.0. The van der Waals surface area contributed by atoms with Crippen LogP contribution >= 0.6 is 0 Å². The third-order valence-electron chi connectivity index (χ3n) is 4.14. The average Bonchev–Trinajstić information content (AvgIpc) is 3.30. The highest BCUT2D eigenvalue weighted by Gasteiger charge is 2.22. The summed E-state index contributed by atoms with van der Waals surface area (Å²) in [5, 5.41) is 3.63. The lowest BCUT2D eigenvalue weighted by Crippen LogP contribution is -2.24. The van der Waals surface area contributed by atoms with Crippen molar-refractivity contribution < 1.29 is 4.39 Å². The molecule has 0 spiro atoms. The van der Waals surface area contributed by atoms with Gasteiger partial charge in [-0.2, -0.15) is 0 Å². The molecular weight excluding hydrogens is 261 g/mol. The first-order valence-electron chi connectivity index (χ1n) is 7.75. The van der Waals surface area contributed by atoms with Crippen LogP contribution in [-0.2, 0) is 6.42 Å². The predicted molar refractivity (Wildman–Crippen MR) is 85.0 cm³/mol. The second-order valence-electron chi connectivity index (χ2n) is 6.12. The number of hydrogen-bond acceptors (Lipinski definition) is 1. The van der Waals surface area contributed by atoms with Crippen LogP contribution in [0.15, 0.2) is 48.5 Å². The number of benzene rings is 2. The molecule has 1 atom stereocenters. The molecule has 1 nitrogen and oxygen atoms in total. The van der Waals surface area contributed by atoms with Gasteiger partial charge in [0.05, 0.1) is 0 Å². The second kappa shape index (κ2) is 6.40. The minimum Gasteiger partial charge on any atom is -0.313 e. The van der Waals surface area contributed by atoms with Crippen molar-refractivity contribution in [2.45, 2.75) is 38.1 Å². The van der Waals surface area contributed by atoms with Crippen LogP contribution in [-0.4, -0.2) is 12.6 Å². The van der Waals surface area contributed by atoms with Crippen molar-refractivity contribution in [1.82, 2.24) is 5.32 Å². The Kier molecular flexibility index (Phi) is 4.35. The molecule has 1 saturated carbocycles. The van der Waals surface area contributed by atoms with E-state index in [1.165, 1.54) is 29.5 Å². The van der Waals surface area contributed by atoms with Gasteiger partial charge in [-0.25, -0.2) is 4.39 Å². The number of nitrogens with one attached hydrogen (secondary N) is 1. The molecular formula is C19H22FN. The summed E-state index contributed by atoms with van der Waals surface area (Å²) in [5.41, 5.74) is 3.86. The van der Waals surface area contributed by atoms with Gasteiger partial charge in [0.25, 0.3) is 0 Å². The fourth-order valence-corrected chi connectivity index (χ4v) is 2.73. The van der Waals surface area contributed by atoms with Crippen molar-refractivity contribution in [2.24, 2.45) is 0 Å². The van der Waals surface area contributed by atoms with Crippen LogP contribution in [0.25, 0.3) is 0 Å². The van der Waals surface area contributed by atoms with Crippen molar-refractivity contribution in [3.05, 3.63) is 71.0 Å². The topological polar surface area (TPSA) is 12.0 Å². The van der Waals surface area contributed by atoms with E-state index in [-0.39, 0.29) is 5.82 Å². The van der Waals surface area contributed by atoms with Crippen molar-refractivity contribution in [3.8, 4) is 0 Å². The number of halogens is 1. The quantitative estimate of drug-likeness (QED) is 0.837. The average molecular weight is 283 g/mol. The fraction of sp³-hybridized carbons (Fsp3) is 0.368. The Morgan fingerprint density at radius 2 is 1.90 bits per heavy atom. The van der Waals surface area contributed by atoms with E-state index < -0.39 is 0 Å². The zero-order valence-corrected chi connectivity index (χ0v) is 12.5. The lowest BCUT2D eigenvalue weighted by atomic mass is 9.91. The first-order valence-corrected chi connectivity index (χ1v) is 7.75. The van der Waals surface area contributed by atoms with Crippen molar-refractivity contribution >= 4 is 0 Å². The van der Waals surface area contributed by atoms with Gasteiger partial charge in [0, 0.05) is 18.5 Å². The van der Waals surface area contributed by atoms with Crippen molar-refractivity contribution in [3.63, 3.8) is 0 Å². The summed E-state index contributed by atoms with van der Waals surface area (Å²) < 4.78 is 13.0. The summed E-state index contributed by atoms with van der Waals surface area (Å²) in [6, 6.07) is 16.3. The van der Waals surface area contributed by atoms with Gasteiger partial charge in [0.1, 0.15) is 5.82 Å². The predicted octanol–water partition coefficient (Wildman–Crippen LogP) is 4.21. The van der Waals surface area contributed by atoms with E-state index in [4.69, 9.17) is 0 Å². The summed E-state index contributed by atoms with van der Waals surface area (Å²) in [5.74, 6) is 0.276. The molecule has 21 heavy (non-hydrogen) atoms. The summed E-state index contributed by atoms with van der Waals surface area (Å²) in [7, 11) is 0. The molecule has 110 valence electrons. The van der Waals surface area contributed by atoms with Gasteiger partial charge >= 0.3 is 0 Å². The Morgan fingerprint density at radius 1 is 1.14 bits per heavy atom. The summed E-state index contributed by atoms with van der Waals surface area (Å²) in [6.07, 6.45) is 3.55. The first-order chi connectivity index (χ1) is 10.2. The summed E-state index contributed by atoms with van der Waals surface area (Å²) in [6.45, 7) is 3.12. The Balaban J connectivity index is 1.75. The van der Waals surface area contributed by atoms with Crippen molar-refractivity contribution in [2.75, 3.05) is 6.54 Å². The smallest absolute Gasteiger partial charge is 0.123 e. The molecule has 1 N–H and O–H groups in total. The lowest BCUT2D eigenvalue weighted by molar-refractivity contribution is 0.575. The first kappa shape index (κ1) is 14.3. The normalized spacial score (nSPS) is 15.9.